The smallest absolute Gasteiger partial charge is 0.406 e. The molecule has 1 saturated carbocycles. The van der Waals surface area contributed by atoms with Gasteiger partial charge in [-0.25, -0.2) is 9.97 Å². The quantitative estimate of drug-likeness (QED) is 0.554. The number of carbonyl (C=O) groups is 1. The van der Waals surface area contributed by atoms with Crippen LogP contribution in [0.3, 0.4) is 0 Å². The second-order valence-corrected chi connectivity index (χ2v) is 7.20. The van der Waals surface area contributed by atoms with Crippen molar-refractivity contribution < 1.29 is 22.7 Å². The van der Waals surface area contributed by atoms with Crippen LogP contribution < -0.4 is 15.8 Å². The summed E-state index contributed by atoms with van der Waals surface area (Å²) >= 11 is 0. The van der Waals surface area contributed by atoms with Gasteiger partial charge in [-0.15, -0.1) is 18.3 Å². The lowest BCUT2D eigenvalue weighted by Crippen LogP contribution is -2.21. The average molecular weight is 449 g/mol. The van der Waals surface area contributed by atoms with Gasteiger partial charge in [-0.3, -0.25) is 4.79 Å². The number of alkyl halides is 3. The summed E-state index contributed by atoms with van der Waals surface area (Å²) in [5.74, 6) is 1.25. The number of aromatic nitrogens is 5. The Hall–Kier alpha value is -3.70. The molecule has 0 aliphatic heterocycles. The monoisotopic (exact) mass is 449 g/mol. The van der Waals surface area contributed by atoms with Gasteiger partial charge in [0.2, 0.25) is 12.4 Å². The number of nitrogen functional groups attached to an aromatic ring is 1. The number of hydrogen-bond donors (Lipinski definition) is 2. The SMILES string of the molecule is C[C@H](NC=O)c1nc(N)nn1-c1ncccn1.Cc1cc(OC(F)(F)F)cc(C2CC2)c1. The molecule has 0 saturated heterocycles. The third kappa shape index (κ3) is 6.40. The van der Waals surface area contributed by atoms with E-state index in [0.29, 0.717) is 24.1 Å². The third-order valence-corrected chi connectivity index (χ3v) is 4.45. The fraction of sp³-hybridized carbons (Fsp3) is 0.350. The highest BCUT2D eigenvalue weighted by Gasteiger charge is 2.32. The third-order valence-electron chi connectivity index (χ3n) is 4.45. The van der Waals surface area contributed by atoms with Crippen molar-refractivity contribution in [2.45, 2.75) is 45.0 Å². The molecule has 0 bridgehead atoms. The number of carbonyl (C=O) groups excluding carboxylic acids is 1. The fourth-order valence-electron chi connectivity index (χ4n) is 2.97. The summed E-state index contributed by atoms with van der Waals surface area (Å²) in [6.07, 6.45) is 1.29. The molecule has 1 atom stereocenters. The van der Waals surface area contributed by atoms with Crippen LogP contribution in [-0.2, 0) is 4.79 Å². The number of aryl methyl sites for hydroxylation is 1. The van der Waals surface area contributed by atoms with Crippen LogP contribution in [0.15, 0.2) is 36.7 Å². The second kappa shape index (κ2) is 9.62. The van der Waals surface area contributed by atoms with Gasteiger partial charge in [0.25, 0.3) is 5.95 Å². The molecular formula is C20H22F3N7O2. The maximum atomic E-state index is 12.0. The van der Waals surface area contributed by atoms with Crippen LogP contribution in [-0.4, -0.2) is 37.5 Å². The van der Waals surface area contributed by atoms with Crippen molar-refractivity contribution in [3.63, 3.8) is 0 Å². The topological polar surface area (TPSA) is 121 Å². The van der Waals surface area contributed by atoms with Gasteiger partial charge in [0, 0.05) is 12.4 Å². The molecule has 2 heterocycles. The van der Waals surface area contributed by atoms with Crippen LogP contribution in [0.5, 0.6) is 5.75 Å². The minimum absolute atomic E-state index is 0.104. The van der Waals surface area contributed by atoms with E-state index in [-0.39, 0.29) is 17.7 Å². The fourth-order valence-corrected chi connectivity index (χ4v) is 2.97. The van der Waals surface area contributed by atoms with Crippen LogP contribution >= 0.6 is 0 Å². The van der Waals surface area contributed by atoms with Crippen LogP contribution in [0, 0.1) is 6.92 Å². The Kier molecular flexibility index (Phi) is 6.91. The molecule has 0 spiro atoms. The van der Waals surface area contributed by atoms with Crippen molar-refractivity contribution in [3.05, 3.63) is 53.6 Å². The number of nitrogens with one attached hydrogen (secondary N) is 1. The molecule has 0 unspecified atom stereocenters. The van der Waals surface area contributed by atoms with Crippen LogP contribution in [0.4, 0.5) is 19.1 Å². The molecule has 170 valence electrons. The van der Waals surface area contributed by atoms with Gasteiger partial charge in [0.05, 0.1) is 6.04 Å². The zero-order chi connectivity index (χ0) is 23.3. The number of benzene rings is 1. The first-order valence-electron chi connectivity index (χ1n) is 9.73. The van der Waals surface area contributed by atoms with Crippen LogP contribution in [0.2, 0.25) is 0 Å². The van der Waals surface area contributed by atoms with Gasteiger partial charge in [-0.2, -0.15) is 9.67 Å². The molecule has 12 heteroatoms. The Morgan fingerprint density at radius 2 is 1.94 bits per heavy atom. The Morgan fingerprint density at radius 1 is 1.25 bits per heavy atom. The number of nitrogens with two attached hydrogens (primary N) is 1. The first-order valence-corrected chi connectivity index (χ1v) is 9.73. The number of ether oxygens (including phenoxy) is 1. The van der Waals surface area contributed by atoms with E-state index in [0.717, 1.165) is 24.0 Å². The van der Waals surface area contributed by atoms with Crippen LogP contribution in [0.1, 0.15) is 48.7 Å². The Balaban J connectivity index is 0.000000182. The lowest BCUT2D eigenvalue weighted by atomic mass is 10.1. The van der Waals surface area contributed by atoms with E-state index in [9.17, 15) is 18.0 Å². The van der Waals surface area contributed by atoms with Crippen molar-refractivity contribution in [2.24, 2.45) is 0 Å². The van der Waals surface area contributed by atoms with E-state index in [1.807, 2.05) is 6.07 Å². The molecule has 1 fully saturated rings. The summed E-state index contributed by atoms with van der Waals surface area (Å²) in [6.45, 7) is 3.53. The Morgan fingerprint density at radius 3 is 2.53 bits per heavy atom. The molecule has 2 aromatic heterocycles. The maximum Gasteiger partial charge on any atom is 0.573 e. The zero-order valence-corrected chi connectivity index (χ0v) is 17.4. The van der Waals surface area contributed by atoms with E-state index in [2.05, 4.69) is 30.1 Å². The Labute approximate surface area is 181 Å². The van der Waals surface area contributed by atoms with Crippen molar-refractivity contribution >= 4 is 12.4 Å². The van der Waals surface area contributed by atoms with Gasteiger partial charge < -0.3 is 15.8 Å². The van der Waals surface area contributed by atoms with E-state index < -0.39 is 6.36 Å². The highest BCUT2D eigenvalue weighted by molar-refractivity contribution is 5.47. The molecule has 3 aromatic rings. The molecule has 1 aliphatic carbocycles. The lowest BCUT2D eigenvalue weighted by molar-refractivity contribution is -0.274. The number of hydrogen-bond acceptors (Lipinski definition) is 7. The van der Waals surface area contributed by atoms with Gasteiger partial charge in [-0.1, -0.05) is 6.07 Å². The molecular weight excluding hydrogens is 427 g/mol. The van der Waals surface area contributed by atoms with Gasteiger partial charge >= 0.3 is 6.36 Å². The van der Waals surface area contributed by atoms with E-state index in [1.165, 1.54) is 16.8 Å². The Bertz CT molecular complexity index is 1050. The van der Waals surface area contributed by atoms with Crippen molar-refractivity contribution in [1.29, 1.82) is 0 Å². The van der Waals surface area contributed by atoms with Gasteiger partial charge in [-0.05, 0) is 61.9 Å². The largest absolute Gasteiger partial charge is 0.573 e. The van der Waals surface area contributed by atoms with E-state index in [1.54, 1.807) is 32.3 Å². The summed E-state index contributed by atoms with van der Waals surface area (Å²) in [5.41, 5.74) is 7.29. The molecule has 3 N–H and O–H groups in total. The van der Waals surface area contributed by atoms with Crippen molar-refractivity contribution in [1.82, 2.24) is 30.0 Å². The summed E-state index contributed by atoms with van der Waals surface area (Å²) in [4.78, 5) is 22.5. The maximum absolute atomic E-state index is 12.0. The molecule has 1 aliphatic rings. The first-order chi connectivity index (χ1) is 15.2. The predicted molar refractivity (Wildman–Crippen MR) is 109 cm³/mol. The number of rotatable bonds is 6. The molecule has 0 radical (unpaired) electrons. The molecule has 9 nitrogen and oxygen atoms in total. The highest BCUT2D eigenvalue weighted by atomic mass is 19.4. The number of nitrogens with zero attached hydrogens (tertiary/aromatic N) is 5. The van der Waals surface area contributed by atoms with E-state index in [4.69, 9.17) is 5.73 Å². The van der Waals surface area contributed by atoms with E-state index >= 15 is 0 Å². The zero-order valence-electron chi connectivity index (χ0n) is 17.4. The number of anilines is 1. The highest BCUT2D eigenvalue weighted by Crippen LogP contribution is 2.42. The lowest BCUT2D eigenvalue weighted by Gasteiger charge is -2.11. The number of halogens is 3. The normalized spacial score (nSPS) is 14.2. The first kappa shape index (κ1) is 23.0. The summed E-state index contributed by atoms with van der Waals surface area (Å²) < 4.78 is 41.3. The van der Waals surface area contributed by atoms with Crippen molar-refractivity contribution in [3.8, 4) is 11.7 Å². The van der Waals surface area contributed by atoms with Crippen molar-refractivity contribution in [2.75, 3.05) is 5.73 Å². The molecule has 4 rings (SSSR count). The molecule has 1 aromatic carbocycles. The minimum atomic E-state index is -4.60. The van der Waals surface area contributed by atoms with Crippen LogP contribution in [0.25, 0.3) is 5.95 Å². The summed E-state index contributed by atoms with van der Waals surface area (Å²) in [5, 5.41) is 6.56. The minimum Gasteiger partial charge on any atom is -0.406 e. The summed E-state index contributed by atoms with van der Waals surface area (Å²) in [7, 11) is 0. The van der Waals surface area contributed by atoms with Gasteiger partial charge in [0.1, 0.15) is 5.75 Å². The average Bonchev–Trinajstić information content (AvgIpc) is 3.49. The standard InChI is InChI=1S/C11H11F3O.C9H11N7O/c1-7-4-9(8-2-3-8)6-10(5-7)15-11(12,13)14;1-6(13-5-17)7-14-8(10)15-16(7)9-11-3-2-4-12-9/h4-6,8H,2-3H2,1H3;2-6H,1H3,(H2,10,15)(H,13,17)/t;6-/m.0/s1. The molecule has 32 heavy (non-hydrogen) atoms. The number of amides is 1. The molecule has 1 amide bonds. The predicted octanol–water partition coefficient (Wildman–Crippen LogP) is 3.22. The second-order valence-electron chi connectivity index (χ2n) is 7.20. The van der Waals surface area contributed by atoms with Gasteiger partial charge in [0.15, 0.2) is 5.82 Å². The summed E-state index contributed by atoms with van der Waals surface area (Å²) in [6, 6.07) is 6.16.